The summed E-state index contributed by atoms with van der Waals surface area (Å²) in [6, 6.07) is 6.90. The first-order valence-electron chi connectivity index (χ1n) is 10.8. The highest BCUT2D eigenvalue weighted by atomic mass is 32.1. The first-order chi connectivity index (χ1) is 14.5. The van der Waals surface area contributed by atoms with Gasteiger partial charge in [0.25, 0.3) is 0 Å². The second-order valence-corrected chi connectivity index (χ2v) is 10.6. The van der Waals surface area contributed by atoms with Gasteiger partial charge in [0.05, 0.1) is 34.3 Å². The number of thiazole rings is 1. The Hall–Kier alpha value is -2.09. The zero-order valence-corrected chi connectivity index (χ0v) is 19.8. The van der Waals surface area contributed by atoms with E-state index < -0.39 is 23.6 Å². The third-order valence-electron chi connectivity index (χ3n) is 6.13. The Bertz CT molecular complexity index is 932. The van der Waals surface area contributed by atoms with E-state index in [9.17, 15) is 14.7 Å². The summed E-state index contributed by atoms with van der Waals surface area (Å²) in [4.78, 5) is 33.0. The summed E-state index contributed by atoms with van der Waals surface area (Å²) < 4.78 is 0. The molecule has 2 aromatic rings. The number of β-amino-alcohol motifs (C(OH)–C–C–N with tert-alkyl or cyclic N) is 1. The van der Waals surface area contributed by atoms with E-state index in [1.54, 1.807) is 11.3 Å². The molecule has 1 fully saturated rings. The van der Waals surface area contributed by atoms with Crippen molar-refractivity contribution in [1.82, 2.24) is 9.88 Å². The summed E-state index contributed by atoms with van der Waals surface area (Å²) >= 11 is 1.61. The van der Waals surface area contributed by atoms with Crippen molar-refractivity contribution in [2.45, 2.75) is 71.6 Å². The number of rotatable bonds is 6. The molecule has 4 atom stereocenters. The summed E-state index contributed by atoms with van der Waals surface area (Å²) in [7, 11) is 0. The Labute approximate surface area is 188 Å². The van der Waals surface area contributed by atoms with Gasteiger partial charge in [-0.15, -0.1) is 11.3 Å². The van der Waals surface area contributed by atoms with Crippen molar-refractivity contribution >= 4 is 23.0 Å². The second kappa shape index (κ2) is 9.18. The molecule has 0 aliphatic carbocycles. The van der Waals surface area contributed by atoms with Crippen molar-refractivity contribution in [1.29, 1.82) is 0 Å². The number of hydrogen-bond acceptors (Lipinski definition) is 6. The standard InChI is InChI=1S/C24H33N3O3S/c1-14(16-6-8-17(9-7-16)21-15(2)26-13-31-21)10-20(29)19-11-18(28)12-27(19)23(30)22(25)24(3,4)5/h6-9,13-14,18-19,22,28H,10-12,25H2,1-5H3/t14-,18-,19+,22+/m1/s1. The number of amides is 1. The van der Waals surface area contributed by atoms with Crippen molar-refractivity contribution in [3.05, 3.63) is 41.0 Å². The van der Waals surface area contributed by atoms with Crippen LogP contribution in [0.1, 0.15) is 57.7 Å². The number of likely N-dealkylation sites (tertiary alicyclic amines) is 1. The smallest absolute Gasteiger partial charge is 0.240 e. The number of nitrogens with two attached hydrogens (primary N) is 1. The minimum Gasteiger partial charge on any atom is -0.391 e. The van der Waals surface area contributed by atoms with Crippen molar-refractivity contribution in [2.24, 2.45) is 11.1 Å². The number of aliphatic hydroxyl groups is 1. The Kier molecular flexibility index (Phi) is 6.98. The molecule has 1 amide bonds. The number of aryl methyl sites for hydroxylation is 1. The molecular formula is C24H33N3O3S. The van der Waals surface area contributed by atoms with Crippen LogP contribution in [0.25, 0.3) is 10.4 Å². The molecule has 7 heteroatoms. The molecule has 0 unspecified atom stereocenters. The monoisotopic (exact) mass is 443 g/mol. The lowest BCUT2D eigenvalue weighted by Crippen LogP contribution is -2.53. The molecule has 3 N–H and O–H groups in total. The van der Waals surface area contributed by atoms with Crippen molar-refractivity contribution in [3.63, 3.8) is 0 Å². The first kappa shape index (κ1) is 23.6. The van der Waals surface area contributed by atoms with Crippen molar-refractivity contribution < 1.29 is 14.7 Å². The molecule has 31 heavy (non-hydrogen) atoms. The number of aromatic nitrogens is 1. The molecule has 1 aliphatic heterocycles. The van der Waals surface area contributed by atoms with Crippen LogP contribution in [0.4, 0.5) is 0 Å². The summed E-state index contributed by atoms with van der Waals surface area (Å²) in [5.41, 5.74) is 10.8. The molecule has 0 bridgehead atoms. The Morgan fingerprint density at radius 1 is 1.29 bits per heavy atom. The number of ketones is 1. The Morgan fingerprint density at radius 3 is 2.48 bits per heavy atom. The third kappa shape index (κ3) is 5.22. The molecule has 1 saturated heterocycles. The largest absolute Gasteiger partial charge is 0.391 e. The zero-order chi connectivity index (χ0) is 22.9. The molecular weight excluding hydrogens is 410 g/mol. The van der Waals surface area contributed by atoms with Crippen molar-refractivity contribution in [2.75, 3.05) is 6.54 Å². The van der Waals surface area contributed by atoms with E-state index in [1.165, 1.54) is 4.90 Å². The normalized spacial score (nSPS) is 21.2. The van der Waals surface area contributed by atoms with Gasteiger partial charge in [-0.05, 0) is 29.4 Å². The lowest BCUT2D eigenvalue weighted by atomic mass is 9.86. The third-order valence-corrected chi connectivity index (χ3v) is 7.11. The van der Waals surface area contributed by atoms with E-state index in [2.05, 4.69) is 17.1 Å². The van der Waals surface area contributed by atoms with Gasteiger partial charge >= 0.3 is 0 Å². The van der Waals surface area contributed by atoms with E-state index in [0.717, 1.165) is 21.7 Å². The maximum Gasteiger partial charge on any atom is 0.240 e. The predicted molar refractivity (Wildman–Crippen MR) is 124 cm³/mol. The average Bonchev–Trinajstić information content (AvgIpc) is 3.31. The highest BCUT2D eigenvalue weighted by molar-refractivity contribution is 7.13. The maximum absolute atomic E-state index is 13.1. The Morgan fingerprint density at radius 2 is 1.94 bits per heavy atom. The van der Waals surface area contributed by atoms with Crippen LogP contribution >= 0.6 is 11.3 Å². The van der Waals surface area contributed by atoms with Crippen LogP contribution in [-0.4, -0.2) is 51.4 Å². The molecule has 0 spiro atoms. The fourth-order valence-corrected chi connectivity index (χ4v) is 4.82. The van der Waals surface area contributed by atoms with Gasteiger partial charge in [0.2, 0.25) is 5.91 Å². The molecule has 1 aliphatic rings. The average molecular weight is 444 g/mol. The van der Waals surface area contributed by atoms with Crippen LogP contribution in [0.15, 0.2) is 29.8 Å². The highest BCUT2D eigenvalue weighted by Gasteiger charge is 2.42. The maximum atomic E-state index is 13.1. The quantitative estimate of drug-likeness (QED) is 0.712. The van der Waals surface area contributed by atoms with E-state index in [1.807, 2.05) is 52.3 Å². The summed E-state index contributed by atoms with van der Waals surface area (Å²) in [5, 5.41) is 10.2. The molecule has 6 nitrogen and oxygen atoms in total. The molecule has 2 heterocycles. The number of aliphatic hydroxyl groups excluding tert-OH is 1. The highest BCUT2D eigenvalue weighted by Crippen LogP contribution is 2.31. The lowest BCUT2D eigenvalue weighted by molar-refractivity contribution is -0.140. The van der Waals surface area contributed by atoms with Gasteiger partial charge in [-0.3, -0.25) is 9.59 Å². The van der Waals surface area contributed by atoms with Gasteiger partial charge in [0.1, 0.15) is 0 Å². The summed E-state index contributed by atoms with van der Waals surface area (Å²) in [6.07, 6.45) is -0.106. The second-order valence-electron chi connectivity index (χ2n) is 9.70. The van der Waals surface area contributed by atoms with Gasteiger partial charge in [0, 0.05) is 19.4 Å². The van der Waals surface area contributed by atoms with Crippen LogP contribution in [-0.2, 0) is 9.59 Å². The SMILES string of the molecule is Cc1ncsc1-c1ccc([C@H](C)CC(=O)[C@@H]2C[C@@H](O)CN2C(=O)[C@H](N)C(C)(C)C)cc1. The fraction of sp³-hybridized carbons (Fsp3) is 0.542. The predicted octanol–water partition coefficient (Wildman–Crippen LogP) is 3.52. The van der Waals surface area contributed by atoms with E-state index in [-0.39, 0.29) is 30.6 Å². The molecule has 1 aromatic carbocycles. The van der Waals surface area contributed by atoms with Crippen molar-refractivity contribution in [3.8, 4) is 10.4 Å². The number of Topliss-reactive ketones (excluding diaryl/α,β-unsaturated/α-hetero) is 1. The fourth-order valence-electron chi connectivity index (χ4n) is 4.01. The summed E-state index contributed by atoms with van der Waals surface area (Å²) in [6.45, 7) is 9.88. The van der Waals surface area contributed by atoms with Crippen LogP contribution in [0.2, 0.25) is 0 Å². The number of hydrogen-bond donors (Lipinski definition) is 2. The lowest BCUT2D eigenvalue weighted by Gasteiger charge is -2.32. The molecule has 168 valence electrons. The van der Waals surface area contributed by atoms with Crippen LogP contribution in [0, 0.1) is 12.3 Å². The van der Waals surface area contributed by atoms with Gasteiger partial charge in [-0.25, -0.2) is 4.98 Å². The van der Waals surface area contributed by atoms with E-state index >= 15 is 0 Å². The summed E-state index contributed by atoms with van der Waals surface area (Å²) in [5.74, 6) is -0.282. The minimum absolute atomic E-state index is 0.00934. The zero-order valence-electron chi connectivity index (χ0n) is 19.0. The van der Waals surface area contributed by atoms with Gasteiger partial charge in [0.15, 0.2) is 5.78 Å². The van der Waals surface area contributed by atoms with Crippen LogP contribution < -0.4 is 5.73 Å². The first-order valence-corrected chi connectivity index (χ1v) is 11.6. The molecule has 0 saturated carbocycles. The minimum atomic E-state index is -0.715. The molecule has 1 aromatic heterocycles. The van der Waals surface area contributed by atoms with E-state index in [0.29, 0.717) is 6.42 Å². The van der Waals surface area contributed by atoms with Crippen LogP contribution in [0.3, 0.4) is 0 Å². The van der Waals surface area contributed by atoms with Crippen LogP contribution in [0.5, 0.6) is 0 Å². The molecule has 0 radical (unpaired) electrons. The number of benzene rings is 1. The Balaban J connectivity index is 1.69. The number of nitrogens with zero attached hydrogens (tertiary/aromatic N) is 2. The van der Waals surface area contributed by atoms with Gasteiger partial charge in [-0.2, -0.15) is 0 Å². The van der Waals surface area contributed by atoms with E-state index in [4.69, 9.17) is 5.73 Å². The van der Waals surface area contributed by atoms with Gasteiger partial charge < -0.3 is 15.7 Å². The molecule has 3 rings (SSSR count). The number of carbonyl (C=O) groups excluding carboxylic acids is 2. The number of carbonyl (C=O) groups is 2. The van der Waals surface area contributed by atoms with Gasteiger partial charge in [-0.1, -0.05) is 52.0 Å². The topological polar surface area (TPSA) is 96.5 Å².